The van der Waals surface area contributed by atoms with E-state index in [-0.39, 0.29) is 67.3 Å². The molecule has 4 heterocycles. The van der Waals surface area contributed by atoms with Crippen LogP contribution in [0.5, 0.6) is 23.0 Å². The van der Waals surface area contributed by atoms with Crippen LogP contribution in [0.1, 0.15) is 62.7 Å². The Morgan fingerprint density at radius 3 is 2.18 bits per heavy atom. The van der Waals surface area contributed by atoms with Gasteiger partial charge >= 0.3 is 0 Å². The molecule has 5 aromatic rings. The molecule has 0 spiro atoms. The summed E-state index contributed by atoms with van der Waals surface area (Å²) in [6.45, 7) is 6.66. The number of likely N-dealkylation sites (N-methyl/N-ethyl adjacent to an activating group) is 1. The molecule has 4 amide bonds. The predicted molar refractivity (Wildman–Crippen MR) is 330 cm³/mol. The monoisotopic (exact) mass is 1180 g/mol. The Bertz CT molecular complexity index is 3200. The number of benzene rings is 5. The lowest BCUT2D eigenvalue weighted by Gasteiger charge is -2.29. The van der Waals surface area contributed by atoms with Gasteiger partial charge in [-0.15, -0.1) is 0 Å². The van der Waals surface area contributed by atoms with Gasteiger partial charge in [-0.25, -0.2) is 0 Å². The van der Waals surface area contributed by atoms with Crippen molar-refractivity contribution in [3.05, 3.63) is 137 Å². The number of aldehydes is 1. The number of amides is 4. The fourth-order valence-corrected chi connectivity index (χ4v) is 12.9. The molecule has 19 nitrogen and oxygen atoms in total. The number of carbonyl (C=O) groups excluding carboxylic acids is 5. The molecule has 4 aliphatic rings. The third kappa shape index (κ3) is 15.4. The molecule has 3 atom stereocenters. The standard InChI is InChI=1S/C63H73N7O12S2/c1-42(84-83-26-10-15-60(72)64-18-19-69-61(73)16-17-62(69)74)38-68(20-21-79-24-25-80-23-22-76-3)48-28-43(40-81-58-34-52(47(39-71)32-56(58)77-4)65-36-49-30-45-11-6-8-13-54(45)67(49)2)27-44(29-48)41-82-59-35-53-51(33-57(59)78-5)63(75)70-50(37-66-53)31-46-12-7-9-14-55(46)70/h6-9,11-14,16-17,27-29,32-36,39,42,49-50,66H,10,15,18-26,30-31,37-38,40-41H2,1-5H3,(H,64,72)/t42?,49?,50-/m0/s1. The smallest absolute Gasteiger partial charge is 0.260 e. The van der Waals surface area contributed by atoms with Crippen molar-refractivity contribution in [1.82, 2.24) is 10.2 Å². The van der Waals surface area contributed by atoms with Gasteiger partial charge in [-0.05, 0) is 84.0 Å². The zero-order valence-corrected chi connectivity index (χ0v) is 49.8. The predicted octanol–water partition coefficient (Wildman–Crippen LogP) is 8.51. The number of hydrogen-bond donors (Lipinski definition) is 2. The normalized spacial score (nSPS) is 16.2. The van der Waals surface area contributed by atoms with E-state index in [9.17, 15) is 24.0 Å². The average molecular weight is 1180 g/mol. The topological polar surface area (TPSA) is 199 Å². The van der Waals surface area contributed by atoms with E-state index in [1.807, 2.05) is 60.6 Å². The van der Waals surface area contributed by atoms with Gasteiger partial charge in [0, 0.05) is 117 Å². The Hall–Kier alpha value is -7.56. The van der Waals surface area contributed by atoms with E-state index in [1.165, 1.54) is 24.8 Å². The van der Waals surface area contributed by atoms with Crippen molar-refractivity contribution in [2.75, 3.05) is 120 Å². The molecule has 444 valence electrons. The molecular formula is C63H73N7O12S2. The molecule has 0 fully saturated rings. The first-order chi connectivity index (χ1) is 40.9. The minimum absolute atomic E-state index is 0.00316. The molecule has 0 radical (unpaired) electrons. The molecule has 4 aliphatic heterocycles. The van der Waals surface area contributed by atoms with Gasteiger partial charge in [0.1, 0.15) is 13.2 Å². The summed E-state index contributed by atoms with van der Waals surface area (Å²) in [5.74, 6) is 1.42. The van der Waals surface area contributed by atoms with Gasteiger partial charge < -0.3 is 58.5 Å². The summed E-state index contributed by atoms with van der Waals surface area (Å²) in [4.78, 5) is 75.5. The SMILES string of the molecule is COCCOCCOCCN(CC(C)SSCCCC(=O)NCCN1C(=O)C=CC1=O)c1cc(COc2cc(N=CC3Cc4ccccc4N3C)c(C=O)cc2OC)cc(COc2cc3c(cc2OC)C(=O)N2c4ccccc4C[C@H]2CN3)c1. The number of fused-ring (bicyclic) bond motifs is 5. The number of nitrogens with one attached hydrogen (secondary N) is 2. The molecular weight excluding hydrogens is 1110 g/mol. The zero-order valence-electron chi connectivity index (χ0n) is 48.2. The second-order valence-corrected chi connectivity index (χ2v) is 23.6. The van der Waals surface area contributed by atoms with Crippen molar-refractivity contribution < 1.29 is 57.1 Å². The molecule has 2 unspecified atom stereocenters. The first-order valence-corrected chi connectivity index (χ1v) is 30.6. The number of nitrogens with zero attached hydrogens (tertiary/aromatic N) is 5. The van der Waals surface area contributed by atoms with Crippen molar-refractivity contribution in [2.45, 2.75) is 63.2 Å². The largest absolute Gasteiger partial charge is 0.493 e. The number of carbonyl (C=O) groups is 5. The maximum absolute atomic E-state index is 14.3. The van der Waals surface area contributed by atoms with Gasteiger partial charge in [0.05, 0.1) is 76.3 Å². The highest BCUT2D eigenvalue weighted by molar-refractivity contribution is 8.76. The third-order valence-corrected chi connectivity index (χ3v) is 17.8. The van der Waals surface area contributed by atoms with Crippen LogP contribution >= 0.6 is 21.6 Å². The minimum Gasteiger partial charge on any atom is -0.493 e. The van der Waals surface area contributed by atoms with E-state index in [1.54, 1.807) is 54.0 Å². The van der Waals surface area contributed by atoms with Crippen molar-refractivity contribution in [2.24, 2.45) is 4.99 Å². The quantitative estimate of drug-likeness (QED) is 0.0136. The first kappa shape index (κ1) is 61.0. The molecule has 0 aromatic heterocycles. The van der Waals surface area contributed by atoms with Crippen LogP contribution < -0.4 is 44.3 Å². The van der Waals surface area contributed by atoms with Gasteiger partial charge in [0.15, 0.2) is 29.3 Å². The van der Waals surface area contributed by atoms with Crippen molar-refractivity contribution in [3.63, 3.8) is 0 Å². The van der Waals surface area contributed by atoms with E-state index in [0.29, 0.717) is 111 Å². The Morgan fingerprint density at radius 2 is 1.48 bits per heavy atom. The second-order valence-electron chi connectivity index (χ2n) is 20.7. The van der Waals surface area contributed by atoms with Crippen LogP contribution in [-0.4, -0.2) is 158 Å². The molecule has 0 aliphatic carbocycles. The number of para-hydroxylation sites is 2. The lowest BCUT2D eigenvalue weighted by Crippen LogP contribution is -2.39. The lowest BCUT2D eigenvalue weighted by molar-refractivity contribution is -0.137. The van der Waals surface area contributed by atoms with Crippen molar-refractivity contribution >= 4 is 86.2 Å². The molecule has 0 saturated carbocycles. The van der Waals surface area contributed by atoms with Gasteiger partial charge in [-0.1, -0.05) is 64.9 Å². The summed E-state index contributed by atoms with van der Waals surface area (Å²) < 4.78 is 42.0. The van der Waals surface area contributed by atoms with E-state index < -0.39 is 0 Å². The minimum atomic E-state index is -0.374. The fourth-order valence-electron chi connectivity index (χ4n) is 10.6. The van der Waals surface area contributed by atoms with Gasteiger partial charge in [0.25, 0.3) is 17.7 Å². The van der Waals surface area contributed by atoms with E-state index in [4.69, 9.17) is 38.2 Å². The highest BCUT2D eigenvalue weighted by atomic mass is 33.1. The van der Waals surface area contributed by atoms with Crippen LogP contribution in [0.15, 0.2) is 108 Å². The van der Waals surface area contributed by atoms with Crippen LogP contribution in [0.4, 0.5) is 28.4 Å². The number of hydrogen-bond acceptors (Lipinski definition) is 18. The molecule has 21 heteroatoms. The maximum Gasteiger partial charge on any atom is 0.260 e. The number of ether oxygens (including phenoxy) is 7. The number of aliphatic imine (C=N–C) groups is 1. The first-order valence-electron chi connectivity index (χ1n) is 28.2. The molecule has 5 aromatic carbocycles. The number of methoxy groups -OCH3 is 3. The highest BCUT2D eigenvalue weighted by Crippen LogP contribution is 2.42. The molecule has 2 N–H and O–H groups in total. The number of imide groups is 1. The second kappa shape index (κ2) is 29.8. The van der Waals surface area contributed by atoms with Crippen molar-refractivity contribution in [3.8, 4) is 23.0 Å². The Labute approximate surface area is 498 Å². The third-order valence-electron chi connectivity index (χ3n) is 14.9. The Balaban J connectivity index is 0.942. The van der Waals surface area contributed by atoms with Crippen LogP contribution in [0.3, 0.4) is 0 Å². The number of anilines is 4. The molecule has 0 bridgehead atoms. The molecule has 9 rings (SSSR count). The lowest BCUT2D eigenvalue weighted by atomic mass is 10.1. The summed E-state index contributed by atoms with van der Waals surface area (Å²) in [5, 5.41) is 6.47. The summed E-state index contributed by atoms with van der Waals surface area (Å²) >= 11 is 0. The summed E-state index contributed by atoms with van der Waals surface area (Å²) in [5.41, 5.74) is 8.98. The van der Waals surface area contributed by atoms with Gasteiger partial charge in [0.2, 0.25) is 5.91 Å². The Morgan fingerprint density at radius 1 is 0.810 bits per heavy atom. The van der Waals surface area contributed by atoms with E-state index in [0.717, 1.165) is 63.5 Å². The molecule has 84 heavy (non-hydrogen) atoms. The van der Waals surface area contributed by atoms with Crippen molar-refractivity contribution in [1.29, 1.82) is 0 Å². The highest BCUT2D eigenvalue weighted by Gasteiger charge is 2.38. The average Bonchev–Trinajstić information content (AvgIpc) is 2.25. The zero-order chi connectivity index (χ0) is 59.0. The summed E-state index contributed by atoms with van der Waals surface area (Å²) in [6.07, 6.45) is 7.61. The van der Waals surface area contributed by atoms with E-state index >= 15 is 0 Å². The van der Waals surface area contributed by atoms with Crippen LogP contribution in [0.25, 0.3) is 0 Å². The maximum atomic E-state index is 14.3. The van der Waals surface area contributed by atoms with Crippen LogP contribution in [-0.2, 0) is 54.6 Å². The van der Waals surface area contributed by atoms with Crippen LogP contribution in [0.2, 0.25) is 0 Å². The van der Waals surface area contributed by atoms with Gasteiger partial charge in [-0.2, -0.15) is 0 Å². The van der Waals surface area contributed by atoms with Crippen LogP contribution in [0, 0.1) is 0 Å². The summed E-state index contributed by atoms with van der Waals surface area (Å²) in [7, 11) is 10.2. The van der Waals surface area contributed by atoms with E-state index in [2.05, 4.69) is 57.7 Å². The molecule has 0 saturated heterocycles. The fraction of sp³-hybridized carbons (Fsp3) is 0.397. The summed E-state index contributed by atoms with van der Waals surface area (Å²) in [6, 6.07) is 29.5. The number of rotatable bonds is 32. The Kier molecular flexibility index (Phi) is 21.6. The van der Waals surface area contributed by atoms with Gasteiger partial charge in [-0.3, -0.25) is 33.9 Å².